The molecule has 0 aliphatic carbocycles. The highest BCUT2D eigenvalue weighted by Crippen LogP contribution is 2.28. The van der Waals surface area contributed by atoms with Crippen LogP contribution in [0.25, 0.3) is 0 Å². The summed E-state index contributed by atoms with van der Waals surface area (Å²) in [6.07, 6.45) is 0.810. The van der Waals surface area contributed by atoms with Crippen molar-refractivity contribution in [3.63, 3.8) is 0 Å². The van der Waals surface area contributed by atoms with Crippen LogP contribution >= 0.6 is 0 Å². The van der Waals surface area contributed by atoms with Crippen LogP contribution in [0.4, 0.5) is 0 Å². The van der Waals surface area contributed by atoms with Gasteiger partial charge >= 0.3 is 0 Å². The molecule has 1 aromatic carbocycles. The fourth-order valence-electron chi connectivity index (χ4n) is 2.94. The Balaban J connectivity index is 2.05. The largest absolute Gasteiger partial charge is 0.350 e. The number of H-pyrrole nitrogens is 1. The quantitative estimate of drug-likeness (QED) is 0.891. The van der Waals surface area contributed by atoms with Crippen LogP contribution in [0.2, 0.25) is 0 Å². The molecule has 0 unspecified atom stereocenters. The van der Waals surface area contributed by atoms with Gasteiger partial charge in [-0.25, -0.2) is 0 Å². The summed E-state index contributed by atoms with van der Waals surface area (Å²) in [5.41, 5.74) is 2.02. The predicted molar refractivity (Wildman–Crippen MR) is 92.8 cm³/mol. The van der Waals surface area contributed by atoms with E-state index in [1.807, 2.05) is 25.1 Å². The number of pyridine rings is 1. The molecule has 0 aliphatic rings. The molecule has 2 rings (SSSR count). The minimum absolute atomic E-state index is 0.00250. The molecule has 2 aromatic rings. The van der Waals surface area contributed by atoms with Crippen molar-refractivity contribution >= 4 is 5.91 Å². The number of amides is 1. The molecule has 0 saturated heterocycles. The Morgan fingerprint density at radius 2 is 1.87 bits per heavy atom. The SMILES string of the molecule is Cc1cc(C(=O)N[C@H](C)CC(C)(C)c2ccccc2)cc(=O)[nH]1. The minimum atomic E-state index is -0.257. The van der Waals surface area contributed by atoms with Crippen molar-refractivity contribution in [2.75, 3.05) is 0 Å². The molecule has 0 bridgehead atoms. The average Bonchev–Trinajstić information content (AvgIpc) is 2.46. The average molecular weight is 312 g/mol. The zero-order valence-electron chi connectivity index (χ0n) is 14.1. The van der Waals surface area contributed by atoms with Gasteiger partial charge in [-0.3, -0.25) is 9.59 Å². The van der Waals surface area contributed by atoms with Gasteiger partial charge in [0.2, 0.25) is 5.56 Å². The van der Waals surface area contributed by atoms with E-state index in [0.717, 1.165) is 6.42 Å². The molecule has 0 aliphatic heterocycles. The smallest absolute Gasteiger partial charge is 0.251 e. The first-order valence-electron chi connectivity index (χ1n) is 7.85. The molecule has 23 heavy (non-hydrogen) atoms. The third-order valence-electron chi connectivity index (χ3n) is 3.99. The maximum absolute atomic E-state index is 12.3. The molecule has 1 aromatic heterocycles. The maximum atomic E-state index is 12.3. The van der Waals surface area contributed by atoms with Gasteiger partial charge in [-0.1, -0.05) is 44.2 Å². The second kappa shape index (κ2) is 6.82. The Hall–Kier alpha value is -2.36. The van der Waals surface area contributed by atoms with Crippen molar-refractivity contribution in [2.45, 2.75) is 45.6 Å². The van der Waals surface area contributed by atoms with Crippen LogP contribution in [0.1, 0.15) is 48.8 Å². The van der Waals surface area contributed by atoms with E-state index in [-0.39, 0.29) is 22.9 Å². The molecular formula is C19H24N2O2. The van der Waals surface area contributed by atoms with Crippen molar-refractivity contribution in [3.05, 3.63) is 69.6 Å². The molecule has 1 atom stereocenters. The second-order valence-corrected chi connectivity index (χ2v) is 6.74. The van der Waals surface area contributed by atoms with Gasteiger partial charge in [0.1, 0.15) is 0 Å². The summed E-state index contributed by atoms with van der Waals surface area (Å²) in [6.45, 7) is 8.09. The zero-order chi connectivity index (χ0) is 17.0. The monoisotopic (exact) mass is 312 g/mol. The van der Waals surface area contributed by atoms with Crippen LogP contribution in [0.3, 0.4) is 0 Å². The van der Waals surface area contributed by atoms with Crippen LogP contribution in [0.5, 0.6) is 0 Å². The van der Waals surface area contributed by atoms with Gasteiger partial charge in [0.15, 0.2) is 0 Å². The van der Waals surface area contributed by atoms with Gasteiger partial charge in [-0.2, -0.15) is 0 Å². The number of benzene rings is 1. The number of hydrogen-bond acceptors (Lipinski definition) is 2. The number of carbonyl (C=O) groups is 1. The number of rotatable bonds is 5. The van der Waals surface area contributed by atoms with Crippen molar-refractivity contribution in [3.8, 4) is 0 Å². The summed E-state index contributed by atoms with van der Waals surface area (Å²) >= 11 is 0. The Morgan fingerprint density at radius 3 is 2.48 bits per heavy atom. The fourth-order valence-corrected chi connectivity index (χ4v) is 2.94. The number of nitrogens with one attached hydrogen (secondary N) is 2. The molecule has 4 nitrogen and oxygen atoms in total. The van der Waals surface area contributed by atoms with Gasteiger partial charge in [0.05, 0.1) is 0 Å². The highest BCUT2D eigenvalue weighted by atomic mass is 16.2. The summed E-state index contributed by atoms with van der Waals surface area (Å²) in [5.74, 6) is -0.212. The van der Waals surface area contributed by atoms with Crippen molar-refractivity contribution < 1.29 is 4.79 Å². The van der Waals surface area contributed by atoms with Crippen LogP contribution in [-0.4, -0.2) is 16.9 Å². The van der Waals surface area contributed by atoms with Gasteiger partial charge in [-0.15, -0.1) is 0 Å². The normalized spacial score (nSPS) is 12.7. The van der Waals surface area contributed by atoms with E-state index in [1.165, 1.54) is 11.6 Å². The first kappa shape index (κ1) is 17.0. The molecule has 0 spiro atoms. The topological polar surface area (TPSA) is 62.0 Å². The van der Waals surface area contributed by atoms with E-state index in [0.29, 0.717) is 11.3 Å². The number of aromatic nitrogens is 1. The summed E-state index contributed by atoms with van der Waals surface area (Å²) in [7, 11) is 0. The summed E-state index contributed by atoms with van der Waals surface area (Å²) in [6, 6.07) is 13.3. The molecule has 0 fully saturated rings. The molecule has 4 heteroatoms. The van der Waals surface area contributed by atoms with Gasteiger partial charge in [0.25, 0.3) is 5.91 Å². The Kier molecular flexibility index (Phi) is 5.04. The molecular weight excluding hydrogens is 288 g/mol. The number of hydrogen-bond donors (Lipinski definition) is 2. The first-order valence-corrected chi connectivity index (χ1v) is 7.85. The van der Waals surface area contributed by atoms with Crippen LogP contribution in [0.15, 0.2) is 47.3 Å². The van der Waals surface area contributed by atoms with E-state index in [4.69, 9.17) is 0 Å². The van der Waals surface area contributed by atoms with Crippen LogP contribution < -0.4 is 10.9 Å². The highest BCUT2D eigenvalue weighted by molar-refractivity contribution is 5.94. The molecule has 0 saturated carbocycles. The molecule has 0 radical (unpaired) electrons. The Labute approximate surface area is 137 Å². The molecule has 122 valence electrons. The van der Waals surface area contributed by atoms with E-state index in [2.05, 4.69) is 36.3 Å². The highest BCUT2D eigenvalue weighted by Gasteiger charge is 2.24. The molecule has 1 amide bonds. The fraction of sp³-hybridized carbons (Fsp3) is 0.368. The van der Waals surface area contributed by atoms with E-state index >= 15 is 0 Å². The summed E-state index contributed by atoms with van der Waals surface area (Å²) < 4.78 is 0. The molecule has 1 heterocycles. The van der Waals surface area contributed by atoms with Crippen molar-refractivity contribution in [2.24, 2.45) is 0 Å². The lowest BCUT2D eigenvalue weighted by molar-refractivity contribution is 0.0934. The molecule has 2 N–H and O–H groups in total. The Morgan fingerprint density at radius 1 is 1.22 bits per heavy atom. The van der Waals surface area contributed by atoms with E-state index < -0.39 is 0 Å². The number of aryl methyl sites for hydroxylation is 1. The van der Waals surface area contributed by atoms with Gasteiger partial charge in [-0.05, 0) is 37.3 Å². The first-order chi connectivity index (χ1) is 10.8. The lowest BCUT2D eigenvalue weighted by Gasteiger charge is -2.29. The number of aromatic amines is 1. The van der Waals surface area contributed by atoms with Gasteiger partial charge < -0.3 is 10.3 Å². The third kappa shape index (κ3) is 4.55. The summed E-state index contributed by atoms with van der Waals surface area (Å²) in [4.78, 5) is 26.4. The van der Waals surface area contributed by atoms with Crippen LogP contribution in [0, 0.1) is 6.92 Å². The minimum Gasteiger partial charge on any atom is -0.350 e. The second-order valence-electron chi connectivity index (χ2n) is 6.74. The van der Waals surface area contributed by atoms with Crippen molar-refractivity contribution in [1.29, 1.82) is 0 Å². The summed E-state index contributed by atoms with van der Waals surface area (Å²) in [5, 5.41) is 2.98. The Bertz CT molecular complexity index is 733. The lowest BCUT2D eigenvalue weighted by Crippen LogP contribution is -2.37. The van der Waals surface area contributed by atoms with E-state index in [9.17, 15) is 9.59 Å². The lowest BCUT2D eigenvalue weighted by atomic mass is 9.79. The maximum Gasteiger partial charge on any atom is 0.251 e. The zero-order valence-corrected chi connectivity index (χ0v) is 14.1. The van der Waals surface area contributed by atoms with Gasteiger partial charge in [0, 0.05) is 23.4 Å². The predicted octanol–water partition coefficient (Wildman–Crippen LogP) is 3.17. The van der Waals surface area contributed by atoms with Crippen molar-refractivity contribution in [1.82, 2.24) is 10.3 Å². The third-order valence-corrected chi connectivity index (χ3v) is 3.99. The van der Waals surface area contributed by atoms with E-state index in [1.54, 1.807) is 13.0 Å². The standard InChI is InChI=1S/C19H24N2O2/c1-13-10-15(11-17(22)20-13)18(23)21-14(2)12-19(3,4)16-8-6-5-7-9-16/h5-11,14H,12H2,1-4H3,(H,20,22)(H,21,23)/t14-/m1/s1. The van der Waals surface area contributed by atoms with Crippen LogP contribution in [-0.2, 0) is 5.41 Å². The number of carbonyl (C=O) groups excluding carboxylic acids is 1.